The summed E-state index contributed by atoms with van der Waals surface area (Å²) in [5, 5.41) is 7.02. The van der Waals surface area contributed by atoms with Gasteiger partial charge < -0.3 is 10.5 Å². The van der Waals surface area contributed by atoms with Crippen LogP contribution in [0, 0.1) is 20.8 Å². The van der Waals surface area contributed by atoms with E-state index in [4.69, 9.17) is 10.5 Å². The number of H-pyrrole nitrogens is 1. The summed E-state index contributed by atoms with van der Waals surface area (Å²) in [7, 11) is 1.71. The van der Waals surface area contributed by atoms with E-state index in [2.05, 4.69) is 37.0 Å². The summed E-state index contributed by atoms with van der Waals surface area (Å²) in [4.78, 5) is 0. The lowest BCUT2D eigenvalue weighted by atomic mass is 9.94. The second-order valence-corrected chi connectivity index (χ2v) is 4.49. The summed E-state index contributed by atoms with van der Waals surface area (Å²) in [6, 6.07) is 2.13. The molecule has 0 unspecified atom stereocenters. The molecule has 1 aromatic heterocycles. The Morgan fingerprint density at radius 3 is 2.56 bits per heavy atom. The monoisotopic (exact) mass is 245 g/mol. The van der Waals surface area contributed by atoms with Gasteiger partial charge in [0, 0.05) is 12.1 Å². The van der Waals surface area contributed by atoms with Crippen LogP contribution < -0.4 is 10.5 Å². The van der Waals surface area contributed by atoms with Gasteiger partial charge in [-0.1, -0.05) is 0 Å². The van der Waals surface area contributed by atoms with Crippen molar-refractivity contribution in [3.63, 3.8) is 0 Å². The second-order valence-electron chi connectivity index (χ2n) is 4.49. The zero-order valence-corrected chi connectivity index (χ0v) is 11.3. The van der Waals surface area contributed by atoms with Crippen LogP contribution in [0.1, 0.15) is 22.4 Å². The van der Waals surface area contributed by atoms with Crippen LogP contribution >= 0.6 is 0 Å². The average molecular weight is 245 g/mol. The number of nitrogens with zero attached hydrogens (tertiary/aromatic N) is 1. The molecule has 0 atom stereocenters. The number of hydrogen-bond acceptors (Lipinski definition) is 3. The van der Waals surface area contributed by atoms with E-state index in [9.17, 15) is 0 Å². The number of rotatable bonds is 3. The molecule has 4 heteroatoms. The summed E-state index contributed by atoms with van der Waals surface area (Å²) in [5.74, 6) is 0.953. The van der Waals surface area contributed by atoms with Crippen LogP contribution in [0.4, 0.5) is 0 Å². The normalized spacial score (nSPS) is 10.7. The molecule has 4 nitrogen and oxygen atoms in total. The minimum Gasteiger partial charge on any atom is -0.496 e. The smallest absolute Gasteiger partial charge is 0.124 e. The molecule has 96 valence electrons. The van der Waals surface area contributed by atoms with Gasteiger partial charge in [0.2, 0.25) is 0 Å². The maximum absolute atomic E-state index is 5.72. The highest BCUT2D eigenvalue weighted by atomic mass is 16.5. The first-order chi connectivity index (χ1) is 8.60. The Morgan fingerprint density at radius 2 is 1.94 bits per heavy atom. The largest absolute Gasteiger partial charge is 0.496 e. The van der Waals surface area contributed by atoms with Gasteiger partial charge in [-0.05, 0) is 49.1 Å². The lowest BCUT2D eigenvalue weighted by Crippen LogP contribution is -2.01. The first-order valence-corrected chi connectivity index (χ1v) is 5.97. The van der Waals surface area contributed by atoms with Gasteiger partial charge in [0.15, 0.2) is 0 Å². The molecule has 18 heavy (non-hydrogen) atoms. The fraction of sp³-hybridized carbons (Fsp3) is 0.357. The molecule has 0 saturated carbocycles. The Morgan fingerprint density at radius 1 is 1.22 bits per heavy atom. The Kier molecular flexibility index (Phi) is 3.39. The SMILES string of the molecule is COc1c(C)cc(-c2cn[nH]c2CN)c(C)c1C. The highest BCUT2D eigenvalue weighted by Gasteiger charge is 2.15. The van der Waals surface area contributed by atoms with E-state index >= 15 is 0 Å². The molecule has 1 aromatic carbocycles. The van der Waals surface area contributed by atoms with Crippen LogP contribution in [-0.4, -0.2) is 17.3 Å². The predicted octanol–water partition coefficient (Wildman–Crippen LogP) is 2.47. The van der Waals surface area contributed by atoms with Crippen molar-refractivity contribution in [3.05, 3.63) is 34.6 Å². The number of methoxy groups -OCH3 is 1. The molecule has 0 saturated heterocycles. The molecule has 2 aromatic rings. The predicted molar refractivity (Wildman–Crippen MR) is 72.7 cm³/mol. The Labute approximate surface area is 107 Å². The topological polar surface area (TPSA) is 63.9 Å². The van der Waals surface area contributed by atoms with Crippen LogP contribution in [0.25, 0.3) is 11.1 Å². The Bertz CT molecular complexity index is 573. The third kappa shape index (κ3) is 1.88. The molecule has 0 fully saturated rings. The van der Waals surface area contributed by atoms with E-state index in [-0.39, 0.29) is 0 Å². The summed E-state index contributed by atoms with van der Waals surface area (Å²) >= 11 is 0. The molecule has 0 bridgehead atoms. The summed E-state index contributed by atoms with van der Waals surface area (Å²) in [5.41, 5.74) is 12.4. The van der Waals surface area contributed by atoms with Crippen molar-refractivity contribution in [2.24, 2.45) is 5.73 Å². The maximum Gasteiger partial charge on any atom is 0.124 e. The highest BCUT2D eigenvalue weighted by Crippen LogP contribution is 2.34. The van der Waals surface area contributed by atoms with Crippen LogP contribution in [0.3, 0.4) is 0 Å². The number of benzene rings is 1. The van der Waals surface area contributed by atoms with Crippen LogP contribution in [0.15, 0.2) is 12.3 Å². The van der Waals surface area contributed by atoms with Gasteiger partial charge >= 0.3 is 0 Å². The molecule has 0 aliphatic carbocycles. The van der Waals surface area contributed by atoms with Gasteiger partial charge in [-0.3, -0.25) is 5.10 Å². The van der Waals surface area contributed by atoms with Crippen LogP contribution in [0.5, 0.6) is 5.75 Å². The molecule has 0 radical (unpaired) electrons. The maximum atomic E-state index is 5.72. The van der Waals surface area contributed by atoms with Crippen molar-refractivity contribution in [2.75, 3.05) is 7.11 Å². The van der Waals surface area contributed by atoms with E-state index in [1.54, 1.807) is 7.11 Å². The molecule has 0 aliphatic rings. The summed E-state index contributed by atoms with van der Waals surface area (Å²) < 4.78 is 5.44. The van der Waals surface area contributed by atoms with E-state index in [1.165, 1.54) is 11.1 Å². The number of nitrogens with one attached hydrogen (secondary N) is 1. The summed E-state index contributed by atoms with van der Waals surface area (Å²) in [6.07, 6.45) is 1.83. The van der Waals surface area contributed by atoms with E-state index in [1.807, 2.05) is 6.20 Å². The molecule has 0 amide bonds. The van der Waals surface area contributed by atoms with Crippen molar-refractivity contribution in [1.82, 2.24) is 10.2 Å². The van der Waals surface area contributed by atoms with E-state index in [0.29, 0.717) is 6.54 Å². The number of aromatic nitrogens is 2. The van der Waals surface area contributed by atoms with Crippen molar-refractivity contribution in [2.45, 2.75) is 27.3 Å². The lowest BCUT2D eigenvalue weighted by molar-refractivity contribution is 0.408. The third-order valence-corrected chi connectivity index (χ3v) is 3.44. The average Bonchev–Trinajstić information content (AvgIpc) is 2.82. The fourth-order valence-electron chi connectivity index (χ4n) is 2.35. The third-order valence-electron chi connectivity index (χ3n) is 3.44. The first-order valence-electron chi connectivity index (χ1n) is 5.97. The number of ether oxygens (including phenoxy) is 1. The Hall–Kier alpha value is -1.81. The van der Waals surface area contributed by atoms with Gasteiger partial charge in [0.25, 0.3) is 0 Å². The standard InChI is InChI=1S/C14H19N3O/c1-8-5-11(9(2)10(3)14(8)18-4)12-7-16-17-13(12)6-15/h5,7H,6,15H2,1-4H3,(H,16,17). The Balaban J connectivity index is 2.66. The molecule has 0 spiro atoms. The number of nitrogens with two attached hydrogens (primary N) is 1. The molecule has 0 aliphatic heterocycles. The van der Waals surface area contributed by atoms with E-state index < -0.39 is 0 Å². The number of aromatic amines is 1. The second kappa shape index (κ2) is 4.82. The molecular weight excluding hydrogens is 226 g/mol. The quantitative estimate of drug-likeness (QED) is 0.873. The van der Waals surface area contributed by atoms with Gasteiger partial charge in [-0.2, -0.15) is 5.10 Å². The zero-order valence-electron chi connectivity index (χ0n) is 11.3. The van der Waals surface area contributed by atoms with E-state index in [0.717, 1.165) is 28.1 Å². The molecular formula is C14H19N3O. The van der Waals surface area contributed by atoms with Gasteiger partial charge in [-0.15, -0.1) is 0 Å². The molecule has 2 rings (SSSR count). The van der Waals surface area contributed by atoms with Crippen molar-refractivity contribution < 1.29 is 4.74 Å². The lowest BCUT2D eigenvalue weighted by Gasteiger charge is -2.15. The van der Waals surface area contributed by atoms with Crippen LogP contribution in [-0.2, 0) is 6.54 Å². The fourth-order valence-corrected chi connectivity index (χ4v) is 2.35. The summed E-state index contributed by atoms with van der Waals surface area (Å²) in [6.45, 7) is 6.68. The minimum absolute atomic E-state index is 0.457. The highest BCUT2D eigenvalue weighted by molar-refractivity contribution is 5.73. The van der Waals surface area contributed by atoms with Crippen molar-refractivity contribution in [1.29, 1.82) is 0 Å². The number of hydrogen-bond donors (Lipinski definition) is 2. The molecule has 1 heterocycles. The van der Waals surface area contributed by atoms with Gasteiger partial charge in [0.05, 0.1) is 19.0 Å². The van der Waals surface area contributed by atoms with Crippen LogP contribution in [0.2, 0.25) is 0 Å². The molecule has 3 N–H and O–H groups in total. The minimum atomic E-state index is 0.457. The van der Waals surface area contributed by atoms with Gasteiger partial charge in [0.1, 0.15) is 5.75 Å². The number of aryl methyl sites for hydroxylation is 1. The zero-order chi connectivity index (χ0) is 13.3. The van der Waals surface area contributed by atoms with Crippen molar-refractivity contribution >= 4 is 0 Å². The van der Waals surface area contributed by atoms with Gasteiger partial charge in [-0.25, -0.2) is 0 Å². The van der Waals surface area contributed by atoms with Crippen molar-refractivity contribution in [3.8, 4) is 16.9 Å². The first kappa shape index (κ1) is 12.6.